The van der Waals surface area contributed by atoms with Crippen LogP contribution in [0, 0.1) is 34.0 Å². The lowest BCUT2D eigenvalue weighted by Gasteiger charge is -2.74. The molecule has 41 heavy (non-hydrogen) atoms. The quantitative estimate of drug-likeness (QED) is 0.245. The van der Waals surface area contributed by atoms with Gasteiger partial charge in [0.05, 0.1) is 18.3 Å². The molecule has 2 saturated heterocycles. The monoisotopic (exact) mass is 607 g/mol. The number of esters is 1. The van der Waals surface area contributed by atoms with Crippen LogP contribution >= 0.6 is 23.2 Å². The Bertz CT molecular complexity index is 1250. The SMILES string of the molecule is C=C1C(=O)[C@@]23C(CC[C@@H]1[C@H]2OC(=O)c1ccc(N(CCCl)CCCl)cc1)[C@@]12CO[C@@]3(O)[C@@H](O)[C@@H]1C(C)(C)CC[C@@H]2O. The van der Waals surface area contributed by atoms with Gasteiger partial charge in [-0.15, -0.1) is 23.2 Å². The van der Waals surface area contributed by atoms with Gasteiger partial charge in [0.1, 0.15) is 17.6 Å². The van der Waals surface area contributed by atoms with Crippen molar-refractivity contribution in [2.24, 2.45) is 34.0 Å². The van der Waals surface area contributed by atoms with Gasteiger partial charge in [-0.1, -0.05) is 20.4 Å². The zero-order valence-electron chi connectivity index (χ0n) is 23.5. The van der Waals surface area contributed by atoms with Crippen molar-refractivity contribution in [3.05, 3.63) is 42.0 Å². The third-order valence-corrected chi connectivity index (χ3v) is 11.6. The number of carbonyl (C=O) groups excluding carboxylic acids is 2. The molecule has 1 aromatic rings. The Morgan fingerprint density at radius 2 is 1.78 bits per heavy atom. The first-order valence-electron chi connectivity index (χ1n) is 14.6. The maximum absolute atomic E-state index is 14.2. The van der Waals surface area contributed by atoms with Gasteiger partial charge in [0, 0.05) is 47.8 Å². The number of aliphatic hydroxyl groups is 3. The number of halogens is 2. The highest BCUT2D eigenvalue weighted by Crippen LogP contribution is 2.76. The fourth-order valence-corrected chi connectivity index (χ4v) is 10.0. The third-order valence-electron chi connectivity index (χ3n) is 11.3. The first kappa shape index (κ1) is 29.4. The van der Waals surface area contributed by atoms with Gasteiger partial charge < -0.3 is 29.7 Å². The van der Waals surface area contributed by atoms with Crippen molar-refractivity contribution >= 4 is 40.6 Å². The zero-order chi connectivity index (χ0) is 29.5. The molecule has 8 nitrogen and oxygen atoms in total. The van der Waals surface area contributed by atoms with E-state index in [-0.39, 0.29) is 17.7 Å². The molecule has 1 unspecified atom stereocenters. The van der Waals surface area contributed by atoms with Crippen molar-refractivity contribution in [1.29, 1.82) is 0 Å². The van der Waals surface area contributed by atoms with Gasteiger partial charge in [-0.3, -0.25) is 4.79 Å². The second-order valence-corrected chi connectivity index (χ2v) is 14.0. The number of rotatable bonds is 7. The van der Waals surface area contributed by atoms with Crippen LogP contribution in [0.25, 0.3) is 0 Å². The number of hydrogen-bond donors (Lipinski definition) is 3. The van der Waals surface area contributed by atoms with Crippen molar-refractivity contribution in [2.45, 2.75) is 63.6 Å². The van der Waals surface area contributed by atoms with Crippen LogP contribution in [0.5, 0.6) is 0 Å². The minimum Gasteiger partial charge on any atom is -0.457 e. The van der Waals surface area contributed by atoms with Crippen LogP contribution < -0.4 is 4.90 Å². The molecule has 0 amide bonds. The summed E-state index contributed by atoms with van der Waals surface area (Å²) in [5.41, 5.74) is -1.74. The molecule has 6 fully saturated rings. The summed E-state index contributed by atoms with van der Waals surface area (Å²) in [7, 11) is 0. The van der Waals surface area contributed by atoms with E-state index in [1.807, 2.05) is 18.7 Å². The van der Waals surface area contributed by atoms with Crippen molar-refractivity contribution in [3.63, 3.8) is 0 Å². The smallest absolute Gasteiger partial charge is 0.338 e. The van der Waals surface area contributed by atoms with E-state index in [0.29, 0.717) is 50.5 Å². The van der Waals surface area contributed by atoms with Crippen LogP contribution in [-0.4, -0.2) is 82.6 Å². The van der Waals surface area contributed by atoms with Gasteiger partial charge in [-0.25, -0.2) is 4.79 Å². The average molecular weight is 609 g/mol. The van der Waals surface area contributed by atoms with E-state index in [1.165, 1.54) is 0 Å². The zero-order valence-corrected chi connectivity index (χ0v) is 25.0. The van der Waals surface area contributed by atoms with E-state index in [0.717, 1.165) is 5.69 Å². The van der Waals surface area contributed by atoms with Crippen LogP contribution in [0.1, 0.15) is 49.9 Å². The molecule has 4 bridgehead atoms. The van der Waals surface area contributed by atoms with Crippen LogP contribution in [0.15, 0.2) is 36.4 Å². The molecule has 10 heteroatoms. The number of anilines is 1. The first-order valence-corrected chi connectivity index (χ1v) is 15.6. The molecule has 0 radical (unpaired) electrons. The van der Waals surface area contributed by atoms with Gasteiger partial charge in [-0.05, 0) is 66.9 Å². The van der Waals surface area contributed by atoms with Crippen LogP contribution in [0.3, 0.4) is 0 Å². The van der Waals surface area contributed by atoms with E-state index >= 15 is 0 Å². The van der Waals surface area contributed by atoms with Gasteiger partial charge >= 0.3 is 5.97 Å². The van der Waals surface area contributed by atoms with Crippen molar-refractivity contribution < 1.29 is 34.4 Å². The Kier molecular flexibility index (Phi) is 7.12. The van der Waals surface area contributed by atoms with E-state index in [2.05, 4.69) is 6.58 Å². The fraction of sp³-hybridized carbons (Fsp3) is 0.677. The number of alkyl halides is 2. The highest BCUT2D eigenvalue weighted by molar-refractivity contribution is 6.18. The summed E-state index contributed by atoms with van der Waals surface area (Å²) in [6.45, 7) is 9.37. The Morgan fingerprint density at radius 3 is 2.41 bits per heavy atom. The molecular formula is C31H39Cl2NO7. The molecule has 4 saturated carbocycles. The minimum atomic E-state index is -2.29. The summed E-state index contributed by atoms with van der Waals surface area (Å²) in [5, 5.41) is 35.8. The standard InChI is InChI=1S/C31H39Cl2NO7/c1-17-20-8-9-21-29-16-40-31(39,25(37)23(29)28(2,3)11-10-22(29)35)30(21,24(17)36)26(20)41-27(38)18-4-6-19(7-5-18)34(14-12-32)15-13-33/h4-7,20-23,25-26,35,37,39H,1,8-16H2,2-3H3/t20-,21?,22-,23+,25-,26+,29+,30-,31-/m0/s1. The van der Waals surface area contributed by atoms with E-state index in [4.69, 9.17) is 32.7 Å². The molecule has 4 aliphatic carbocycles. The summed E-state index contributed by atoms with van der Waals surface area (Å²) >= 11 is 11.9. The predicted octanol–water partition coefficient (Wildman–Crippen LogP) is 3.52. The maximum atomic E-state index is 14.2. The molecule has 1 aromatic carbocycles. The van der Waals surface area contributed by atoms with Gasteiger partial charge in [0.25, 0.3) is 0 Å². The summed E-state index contributed by atoms with van der Waals surface area (Å²) in [4.78, 5) is 29.9. The molecule has 7 rings (SSSR count). The normalized spacial score (nSPS) is 42.0. The summed E-state index contributed by atoms with van der Waals surface area (Å²) in [5.74, 6) is -4.09. The summed E-state index contributed by atoms with van der Waals surface area (Å²) < 4.78 is 12.3. The Morgan fingerprint density at radius 1 is 1.12 bits per heavy atom. The predicted molar refractivity (Wildman–Crippen MR) is 154 cm³/mol. The Hall–Kier alpha value is -1.68. The van der Waals surface area contributed by atoms with Gasteiger partial charge in [-0.2, -0.15) is 0 Å². The second-order valence-electron chi connectivity index (χ2n) is 13.3. The number of ether oxygens (including phenoxy) is 2. The second kappa shape index (κ2) is 9.93. The third kappa shape index (κ3) is 3.67. The topological polar surface area (TPSA) is 117 Å². The molecule has 0 aromatic heterocycles. The number of aliphatic hydroxyl groups excluding tert-OH is 2. The highest BCUT2D eigenvalue weighted by atomic mass is 35.5. The lowest BCUT2D eigenvalue weighted by atomic mass is 9.35. The molecule has 3 N–H and O–H groups in total. The van der Waals surface area contributed by atoms with Crippen LogP contribution in [-0.2, 0) is 14.3 Å². The number of nitrogens with zero attached hydrogens (tertiary/aromatic N) is 1. The fourth-order valence-electron chi connectivity index (χ4n) is 9.60. The largest absolute Gasteiger partial charge is 0.457 e. The number of carbonyl (C=O) groups is 2. The maximum Gasteiger partial charge on any atom is 0.338 e. The summed E-state index contributed by atoms with van der Waals surface area (Å²) in [6.07, 6.45) is -1.19. The number of benzene rings is 1. The Labute approximate surface area is 250 Å². The summed E-state index contributed by atoms with van der Waals surface area (Å²) in [6, 6.07) is 6.89. The van der Waals surface area contributed by atoms with Crippen molar-refractivity contribution in [1.82, 2.24) is 0 Å². The molecular weight excluding hydrogens is 569 g/mol. The van der Waals surface area contributed by atoms with Crippen molar-refractivity contribution in [2.75, 3.05) is 36.4 Å². The number of hydrogen-bond acceptors (Lipinski definition) is 8. The van der Waals surface area contributed by atoms with E-state index < -0.39 is 69.9 Å². The molecule has 9 atom stereocenters. The minimum absolute atomic E-state index is 0.0237. The van der Waals surface area contributed by atoms with Gasteiger partial charge in [0.15, 0.2) is 5.78 Å². The first-order chi connectivity index (χ1) is 19.4. The number of ketones is 1. The highest BCUT2D eigenvalue weighted by Gasteiger charge is 2.87. The Balaban J connectivity index is 1.39. The molecule has 2 spiro atoms. The molecule has 224 valence electrons. The molecule has 2 heterocycles. The van der Waals surface area contributed by atoms with E-state index in [1.54, 1.807) is 24.3 Å². The average Bonchev–Trinajstić information content (AvgIpc) is 3.06. The number of Topliss-reactive ketones (excluding diaryl/α,β-unsaturated/α-hetero) is 1. The van der Waals surface area contributed by atoms with Crippen molar-refractivity contribution in [3.8, 4) is 0 Å². The van der Waals surface area contributed by atoms with Gasteiger partial charge in [0.2, 0.25) is 5.79 Å². The van der Waals surface area contributed by atoms with E-state index in [9.17, 15) is 24.9 Å². The molecule has 6 aliphatic rings. The molecule has 2 aliphatic heterocycles. The van der Waals surface area contributed by atoms with Crippen LogP contribution in [0.4, 0.5) is 5.69 Å². The lowest BCUT2D eigenvalue weighted by molar-refractivity contribution is -0.457. The van der Waals surface area contributed by atoms with Crippen LogP contribution in [0.2, 0.25) is 0 Å². The lowest BCUT2D eigenvalue weighted by Crippen LogP contribution is -2.85. The number of fused-ring (bicyclic) bond motifs is 2.